The van der Waals surface area contributed by atoms with Gasteiger partial charge in [0.15, 0.2) is 30.2 Å². The van der Waals surface area contributed by atoms with Crippen molar-refractivity contribution in [1.29, 1.82) is 0 Å². The molecule has 67 heavy (non-hydrogen) atoms. The van der Waals surface area contributed by atoms with E-state index in [1.807, 2.05) is 55.6 Å². The topological polar surface area (TPSA) is 208 Å². The van der Waals surface area contributed by atoms with Crippen molar-refractivity contribution in [1.82, 2.24) is 15.5 Å². The van der Waals surface area contributed by atoms with Gasteiger partial charge in [-0.25, -0.2) is 0 Å². The second-order valence-corrected chi connectivity index (χ2v) is 20.5. The van der Waals surface area contributed by atoms with Gasteiger partial charge in [-0.1, -0.05) is 27.7 Å². The van der Waals surface area contributed by atoms with Crippen LogP contribution in [0, 0.1) is 17.8 Å². The van der Waals surface area contributed by atoms with Gasteiger partial charge in [-0.15, -0.1) is 0 Å². The van der Waals surface area contributed by atoms with Crippen LogP contribution in [0.2, 0.25) is 0 Å². The number of carbonyl (C=O) groups excluding carboxylic acids is 1. The van der Waals surface area contributed by atoms with Crippen LogP contribution >= 0.6 is 0 Å². The van der Waals surface area contributed by atoms with Crippen LogP contribution in [0.5, 0.6) is 17.2 Å². The maximum absolute atomic E-state index is 14.6. The number of carbonyl (C=O) groups is 1. The lowest BCUT2D eigenvalue weighted by atomic mass is 9.75. The Bertz CT molecular complexity index is 1690. The van der Waals surface area contributed by atoms with Crippen molar-refractivity contribution in [2.24, 2.45) is 17.8 Å². The Morgan fingerprint density at radius 2 is 1.61 bits per heavy atom. The molecule has 3 fully saturated rings. The lowest BCUT2D eigenvalue weighted by molar-refractivity contribution is -0.335. The first-order valence-corrected chi connectivity index (χ1v) is 24.6. The molecule has 0 radical (unpaired) electrons. The van der Waals surface area contributed by atoms with Crippen LogP contribution in [0.4, 0.5) is 0 Å². The molecule has 0 amide bonds. The van der Waals surface area contributed by atoms with Gasteiger partial charge in [-0.05, 0) is 126 Å². The molecule has 0 bridgehead atoms. The van der Waals surface area contributed by atoms with Crippen molar-refractivity contribution in [3.05, 3.63) is 18.2 Å². The van der Waals surface area contributed by atoms with Crippen LogP contribution < -0.4 is 24.8 Å². The fourth-order valence-corrected chi connectivity index (χ4v) is 10.5. The number of ether oxygens (including phenoxy) is 9. The van der Waals surface area contributed by atoms with Crippen LogP contribution in [0.15, 0.2) is 18.2 Å². The first kappa shape index (κ1) is 57.2. The third-order valence-electron chi connectivity index (χ3n) is 14.7. The average Bonchev–Trinajstić information content (AvgIpc) is 3.27. The van der Waals surface area contributed by atoms with Crippen molar-refractivity contribution < 1.29 is 67.9 Å². The summed E-state index contributed by atoms with van der Waals surface area (Å²) in [5.74, 6) is -1.17. The molecule has 6 N–H and O–H groups in total. The number of hydrogen-bond acceptors (Lipinski definition) is 17. The fraction of sp³-hybridized carbons (Fsp3) is 0.860. The Morgan fingerprint density at radius 3 is 2.21 bits per heavy atom. The molecule has 0 aliphatic carbocycles. The SMILES string of the molecule is CCCNC[C@]1(O)[C@H](C)O[C@@H](O[C@H]2[C@H](C)[C@@H](O[C@@H]3O[C@H](C)C[C@H](N(C)C)[C@H]3Oc3ccc(OC)c(OCC)c3)[C@](C)(O)C[C@@H](C)CN[C@H](C)[C@@H](O)[C@](C)(O)[C@@H](CC)OC(=O)[C@@H]2C)C[C@@]1(C)OC. The zero-order valence-electron chi connectivity index (χ0n) is 43.5. The predicted octanol–water partition coefficient (Wildman–Crippen LogP) is 4.42. The first-order valence-electron chi connectivity index (χ1n) is 24.6. The van der Waals surface area contributed by atoms with Gasteiger partial charge in [0.25, 0.3) is 0 Å². The van der Waals surface area contributed by atoms with Gasteiger partial charge in [-0.2, -0.15) is 0 Å². The summed E-state index contributed by atoms with van der Waals surface area (Å²) in [5, 5.41) is 55.3. The van der Waals surface area contributed by atoms with E-state index in [-0.39, 0.29) is 43.9 Å². The molecular formula is C50H89N3O14. The smallest absolute Gasteiger partial charge is 0.311 e. The maximum Gasteiger partial charge on any atom is 0.311 e. The van der Waals surface area contributed by atoms with E-state index >= 15 is 0 Å². The Morgan fingerprint density at radius 1 is 0.925 bits per heavy atom. The molecule has 1 aromatic carbocycles. The van der Waals surface area contributed by atoms with Crippen molar-refractivity contribution in [2.75, 3.05) is 54.6 Å². The molecule has 3 saturated heterocycles. The molecule has 3 aliphatic heterocycles. The highest BCUT2D eigenvalue weighted by Crippen LogP contribution is 2.44. The third-order valence-corrected chi connectivity index (χ3v) is 14.7. The number of rotatable bonds is 16. The van der Waals surface area contributed by atoms with E-state index in [2.05, 4.69) is 15.5 Å². The molecule has 0 saturated carbocycles. The summed E-state index contributed by atoms with van der Waals surface area (Å²) in [6.45, 7) is 23.4. The van der Waals surface area contributed by atoms with E-state index in [0.717, 1.165) is 6.42 Å². The number of benzene rings is 1. The van der Waals surface area contributed by atoms with Crippen LogP contribution in [-0.4, -0.2) is 176 Å². The fourth-order valence-electron chi connectivity index (χ4n) is 10.5. The number of likely N-dealkylation sites (N-methyl/N-ethyl adjacent to an activating group) is 1. The van der Waals surface area contributed by atoms with Crippen molar-refractivity contribution in [3.8, 4) is 17.2 Å². The van der Waals surface area contributed by atoms with Gasteiger partial charge < -0.3 is 78.6 Å². The second-order valence-electron chi connectivity index (χ2n) is 20.5. The molecule has 388 valence electrons. The predicted molar refractivity (Wildman–Crippen MR) is 254 cm³/mol. The minimum atomic E-state index is -1.84. The van der Waals surface area contributed by atoms with Gasteiger partial charge in [0.1, 0.15) is 34.8 Å². The number of aliphatic hydroxyl groups is 4. The monoisotopic (exact) mass is 956 g/mol. The Hall–Kier alpha value is -2.39. The Kier molecular flexibility index (Phi) is 20.6. The minimum absolute atomic E-state index is 0.0827. The van der Waals surface area contributed by atoms with Crippen LogP contribution in [0.1, 0.15) is 115 Å². The summed E-state index contributed by atoms with van der Waals surface area (Å²) in [6, 6.07) is 4.54. The molecule has 17 nitrogen and oxygen atoms in total. The molecule has 3 heterocycles. The molecule has 4 rings (SSSR count). The van der Waals surface area contributed by atoms with Gasteiger partial charge in [0, 0.05) is 38.1 Å². The van der Waals surface area contributed by atoms with E-state index in [9.17, 15) is 25.2 Å². The molecule has 0 unspecified atom stereocenters. The molecule has 3 aliphatic rings. The van der Waals surface area contributed by atoms with E-state index in [4.69, 9.17) is 42.6 Å². The first-order chi connectivity index (χ1) is 31.3. The largest absolute Gasteiger partial charge is 0.493 e. The molecule has 0 aromatic heterocycles. The number of nitrogens with one attached hydrogen (secondary N) is 2. The summed E-state index contributed by atoms with van der Waals surface area (Å²) in [7, 11) is 7.07. The average molecular weight is 956 g/mol. The number of hydrogen-bond donors (Lipinski definition) is 6. The Balaban J connectivity index is 1.88. The van der Waals surface area contributed by atoms with E-state index < -0.39 is 95.5 Å². The standard InChI is InChI=1S/C50H89N3O14/c1-17-22-51-28-50(58)34(9)63-40(26-48(50,11)60-16)66-41-31(6)44(47(10,56)25-29(4)27-52-33(8)43(54)49(12,57)39(18-2)65-45(55)32(41)7)67-46-42(36(53(13)14)23-30(5)62-46)64-35-20-21-37(59-15)38(24-35)61-19-3/h20-21,24,29-34,36,39-44,46,51-52,54,56-58H,17-19,22-23,25-28H2,1-16H3/t29-,30-,31+,32-,33-,34+,36+,39-,40+,41+,42-,43-,44-,46+,47-,48-,49-,50+/m1/s1. The summed E-state index contributed by atoms with van der Waals surface area (Å²) in [6.07, 6.45) is -6.45. The summed E-state index contributed by atoms with van der Waals surface area (Å²) < 4.78 is 58.0. The molecule has 1 aromatic rings. The molecular weight excluding hydrogens is 867 g/mol. The lowest BCUT2D eigenvalue weighted by Crippen LogP contribution is -2.70. The highest BCUT2D eigenvalue weighted by atomic mass is 16.7. The molecule has 17 heteroatoms. The van der Waals surface area contributed by atoms with Gasteiger partial charge in [0.2, 0.25) is 0 Å². The van der Waals surface area contributed by atoms with E-state index in [0.29, 0.717) is 43.4 Å². The number of aliphatic hydroxyl groups excluding tert-OH is 1. The van der Waals surface area contributed by atoms with Crippen molar-refractivity contribution in [2.45, 2.75) is 205 Å². The van der Waals surface area contributed by atoms with Crippen LogP contribution in [0.3, 0.4) is 0 Å². The van der Waals surface area contributed by atoms with Crippen molar-refractivity contribution in [3.63, 3.8) is 0 Å². The van der Waals surface area contributed by atoms with Crippen LogP contribution in [0.25, 0.3) is 0 Å². The summed E-state index contributed by atoms with van der Waals surface area (Å²) in [4.78, 5) is 16.7. The normalized spacial score (nSPS) is 41.8. The second kappa shape index (κ2) is 24.2. The number of nitrogens with zero attached hydrogens (tertiary/aromatic N) is 1. The number of esters is 1. The van der Waals surface area contributed by atoms with Crippen molar-refractivity contribution >= 4 is 5.97 Å². The van der Waals surface area contributed by atoms with Crippen LogP contribution in [-0.2, 0) is 33.2 Å². The highest BCUT2D eigenvalue weighted by Gasteiger charge is 2.58. The zero-order chi connectivity index (χ0) is 50.2. The Labute approximate surface area is 401 Å². The number of methoxy groups -OCH3 is 2. The maximum atomic E-state index is 14.6. The van der Waals surface area contributed by atoms with E-state index in [1.165, 1.54) is 6.92 Å². The third kappa shape index (κ3) is 13.3. The number of cyclic esters (lactones) is 1. The zero-order valence-corrected chi connectivity index (χ0v) is 43.5. The highest BCUT2D eigenvalue weighted by molar-refractivity contribution is 5.73. The van der Waals surface area contributed by atoms with Gasteiger partial charge in [-0.3, -0.25) is 4.79 Å². The molecule has 18 atom stereocenters. The van der Waals surface area contributed by atoms with E-state index in [1.54, 1.807) is 67.0 Å². The van der Waals surface area contributed by atoms with Gasteiger partial charge in [0.05, 0.1) is 55.7 Å². The van der Waals surface area contributed by atoms with Gasteiger partial charge >= 0.3 is 5.97 Å². The molecule has 0 spiro atoms. The summed E-state index contributed by atoms with van der Waals surface area (Å²) in [5.41, 5.74) is -6.06. The minimum Gasteiger partial charge on any atom is -0.493 e. The lowest BCUT2D eigenvalue weighted by Gasteiger charge is -2.53. The summed E-state index contributed by atoms with van der Waals surface area (Å²) >= 11 is 0. The quantitative estimate of drug-likeness (QED) is 0.100.